The highest BCUT2D eigenvalue weighted by molar-refractivity contribution is 5.44. The second kappa shape index (κ2) is 4.02. The standard InChI is InChI=1S/C15H21NO/c1-17-14-7-3-5-12-11(4-2-6-13(12)14)10-15(16)8-9-15/h3,5,7,11H,2,4,6,8-10,16H2,1H3. The van der Waals surface area contributed by atoms with Crippen LogP contribution in [-0.4, -0.2) is 12.6 Å². The van der Waals surface area contributed by atoms with E-state index in [0.29, 0.717) is 5.92 Å². The summed E-state index contributed by atoms with van der Waals surface area (Å²) in [5.41, 5.74) is 9.35. The quantitative estimate of drug-likeness (QED) is 0.868. The third kappa shape index (κ3) is 2.06. The molecule has 2 N–H and O–H groups in total. The van der Waals surface area contributed by atoms with Crippen LogP contribution in [0.5, 0.6) is 5.75 Å². The molecule has 0 amide bonds. The lowest BCUT2D eigenvalue weighted by Crippen LogP contribution is -2.26. The average Bonchev–Trinajstić information content (AvgIpc) is 3.07. The second-order valence-electron chi connectivity index (χ2n) is 5.68. The van der Waals surface area contributed by atoms with Gasteiger partial charge in [-0.2, -0.15) is 0 Å². The Kier molecular flexibility index (Phi) is 2.62. The first-order valence-corrected chi connectivity index (χ1v) is 6.66. The van der Waals surface area contributed by atoms with Gasteiger partial charge in [0.15, 0.2) is 0 Å². The van der Waals surface area contributed by atoms with Crippen LogP contribution < -0.4 is 10.5 Å². The highest BCUT2D eigenvalue weighted by Gasteiger charge is 2.41. The van der Waals surface area contributed by atoms with Crippen molar-refractivity contribution in [1.82, 2.24) is 0 Å². The molecule has 0 saturated heterocycles. The zero-order valence-electron chi connectivity index (χ0n) is 10.5. The number of methoxy groups -OCH3 is 1. The lowest BCUT2D eigenvalue weighted by Gasteiger charge is -2.28. The van der Waals surface area contributed by atoms with Gasteiger partial charge in [0.05, 0.1) is 7.11 Å². The number of ether oxygens (including phenoxy) is 1. The molecule has 2 aliphatic rings. The summed E-state index contributed by atoms with van der Waals surface area (Å²) in [6.45, 7) is 0. The van der Waals surface area contributed by atoms with Gasteiger partial charge in [-0.25, -0.2) is 0 Å². The Bertz CT molecular complexity index is 423. The number of nitrogens with two attached hydrogens (primary N) is 1. The van der Waals surface area contributed by atoms with Crippen molar-refractivity contribution < 1.29 is 4.74 Å². The van der Waals surface area contributed by atoms with E-state index in [0.717, 1.165) is 18.6 Å². The average molecular weight is 231 g/mol. The van der Waals surface area contributed by atoms with Crippen molar-refractivity contribution >= 4 is 0 Å². The van der Waals surface area contributed by atoms with Gasteiger partial charge in [-0.05, 0) is 61.6 Å². The minimum absolute atomic E-state index is 0.155. The number of hydrogen-bond acceptors (Lipinski definition) is 2. The van der Waals surface area contributed by atoms with E-state index in [1.807, 2.05) is 0 Å². The van der Waals surface area contributed by atoms with Gasteiger partial charge in [0.2, 0.25) is 0 Å². The van der Waals surface area contributed by atoms with Gasteiger partial charge in [0, 0.05) is 5.54 Å². The molecule has 3 rings (SSSR count). The molecule has 0 spiro atoms. The maximum absolute atomic E-state index is 6.27. The predicted molar refractivity (Wildman–Crippen MR) is 69.4 cm³/mol. The van der Waals surface area contributed by atoms with Crippen molar-refractivity contribution in [2.45, 2.75) is 50.0 Å². The molecule has 1 aromatic rings. The zero-order valence-corrected chi connectivity index (χ0v) is 10.5. The third-order valence-corrected chi connectivity index (χ3v) is 4.35. The van der Waals surface area contributed by atoms with Gasteiger partial charge in [0.25, 0.3) is 0 Å². The molecule has 0 aromatic heterocycles. The molecule has 2 aliphatic carbocycles. The van der Waals surface area contributed by atoms with Gasteiger partial charge >= 0.3 is 0 Å². The lowest BCUT2D eigenvalue weighted by atomic mass is 9.79. The van der Waals surface area contributed by atoms with E-state index >= 15 is 0 Å². The summed E-state index contributed by atoms with van der Waals surface area (Å²) in [7, 11) is 1.77. The molecule has 92 valence electrons. The van der Waals surface area contributed by atoms with Crippen molar-refractivity contribution in [2.24, 2.45) is 5.73 Å². The Morgan fingerprint density at radius 2 is 2.24 bits per heavy atom. The number of benzene rings is 1. The van der Waals surface area contributed by atoms with Crippen LogP contribution in [0.15, 0.2) is 18.2 Å². The van der Waals surface area contributed by atoms with Crippen LogP contribution in [0.4, 0.5) is 0 Å². The predicted octanol–water partition coefficient (Wildman–Crippen LogP) is 3.00. The van der Waals surface area contributed by atoms with E-state index in [9.17, 15) is 0 Å². The maximum atomic E-state index is 6.27. The summed E-state index contributed by atoms with van der Waals surface area (Å²) in [5, 5.41) is 0. The summed E-state index contributed by atoms with van der Waals surface area (Å²) in [4.78, 5) is 0. The Morgan fingerprint density at radius 3 is 2.94 bits per heavy atom. The first kappa shape index (κ1) is 11.1. The van der Waals surface area contributed by atoms with Crippen molar-refractivity contribution in [1.29, 1.82) is 0 Å². The fraction of sp³-hybridized carbons (Fsp3) is 0.600. The molecule has 0 radical (unpaired) electrons. The van der Waals surface area contributed by atoms with Crippen LogP contribution in [-0.2, 0) is 6.42 Å². The smallest absolute Gasteiger partial charge is 0.122 e. The van der Waals surface area contributed by atoms with E-state index in [2.05, 4.69) is 18.2 Å². The van der Waals surface area contributed by atoms with Crippen molar-refractivity contribution in [3.63, 3.8) is 0 Å². The van der Waals surface area contributed by atoms with Crippen molar-refractivity contribution in [2.75, 3.05) is 7.11 Å². The molecule has 1 fully saturated rings. The molecule has 1 saturated carbocycles. The molecule has 0 heterocycles. The summed E-state index contributed by atoms with van der Waals surface area (Å²) in [6, 6.07) is 6.47. The van der Waals surface area contributed by atoms with E-state index in [4.69, 9.17) is 10.5 Å². The number of hydrogen-bond donors (Lipinski definition) is 1. The Labute approximate surface area is 103 Å². The van der Waals surface area contributed by atoms with Crippen LogP contribution in [0.3, 0.4) is 0 Å². The minimum Gasteiger partial charge on any atom is -0.496 e. The normalized spacial score (nSPS) is 25.2. The van der Waals surface area contributed by atoms with E-state index in [1.54, 1.807) is 7.11 Å². The Morgan fingerprint density at radius 1 is 1.41 bits per heavy atom. The van der Waals surface area contributed by atoms with Crippen LogP contribution in [0.25, 0.3) is 0 Å². The number of rotatable bonds is 3. The molecule has 2 nitrogen and oxygen atoms in total. The SMILES string of the molecule is COc1cccc2c1CCCC2CC1(N)CC1. The van der Waals surface area contributed by atoms with Gasteiger partial charge in [-0.1, -0.05) is 12.1 Å². The van der Waals surface area contributed by atoms with Gasteiger partial charge in [0.1, 0.15) is 5.75 Å². The van der Waals surface area contributed by atoms with E-state index in [-0.39, 0.29) is 5.54 Å². The summed E-state index contributed by atoms with van der Waals surface area (Å²) < 4.78 is 5.48. The van der Waals surface area contributed by atoms with Crippen LogP contribution >= 0.6 is 0 Å². The zero-order chi connectivity index (χ0) is 11.9. The molecule has 0 bridgehead atoms. The molecule has 0 aliphatic heterocycles. The molecule has 17 heavy (non-hydrogen) atoms. The van der Waals surface area contributed by atoms with E-state index in [1.165, 1.54) is 36.8 Å². The number of fused-ring (bicyclic) bond motifs is 1. The van der Waals surface area contributed by atoms with Gasteiger partial charge in [-0.15, -0.1) is 0 Å². The molecule has 1 aromatic carbocycles. The van der Waals surface area contributed by atoms with E-state index < -0.39 is 0 Å². The summed E-state index contributed by atoms with van der Waals surface area (Å²) in [5.74, 6) is 1.72. The Balaban J connectivity index is 1.90. The maximum Gasteiger partial charge on any atom is 0.122 e. The first-order valence-electron chi connectivity index (χ1n) is 6.66. The molecular weight excluding hydrogens is 210 g/mol. The van der Waals surface area contributed by atoms with Crippen molar-refractivity contribution in [3.05, 3.63) is 29.3 Å². The van der Waals surface area contributed by atoms with Gasteiger partial charge in [-0.3, -0.25) is 0 Å². The van der Waals surface area contributed by atoms with Gasteiger partial charge < -0.3 is 10.5 Å². The Hall–Kier alpha value is -1.02. The lowest BCUT2D eigenvalue weighted by molar-refractivity contribution is 0.397. The fourth-order valence-electron chi connectivity index (χ4n) is 3.17. The highest BCUT2D eigenvalue weighted by atomic mass is 16.5. The first-order chi connectivity index (χ1) is 8.22. The fourth-order valence-corrected chi connectivity index (χ4v) is 3.17. The molecule has 1 atom stereocenters. The van der Waals surface area contributed by atoms with Crippen LogP contribution in [0.2, 0.25) is 0 Å². The van der Waals surface area contributed by atoms with Crippen LogP contribution in [0.1, 0.15) is 49.1 Å². The molecule has 2 heteroatoms. The molecular formula is C15H21NO. The summed E-state index contributed by atoms with van der Waals surface area (Å²) >= 11 is 0. The van der Waals surface area contributed by atoms with Crippen molar-refractivity contribution in [3.8, 4) is 5.75 Å². The largest absolute Gasteiger partial charge is 0.496 e. The monoisotopic (exact) mass is 231 g/mol. The highest BCUT2D eigenvalue weighted by Crippen LogP contribution is 2.46. The minimum atomic E-state index is 0.155. The third-order valence-electron chi connectivity index (χ3n) is 4.35. The second-order valence-corrected chi connectivity index (χ2v) is 5.68. The summed E-state index contributed by atoms with van der Waals surface area (Å²) in [6.07, 6.45) is 7.30. The molecule has 1 unspecified atom stereocenters. The topological polar surface area (TPSA) is 35.2 Å². The van der Waals surface area contributed by atoms with Crippen LogP contribution in [0, 0.1) is 0 Å².